The number of hydrogen-bond acceptors (Lipinski definition) is 3. The van der Waals surface area contributed by atoms with Crippen molar-refractivity contribution in [3.05, 3.63) is 36.7 Å². The lowest BCUT2D eigenvalue weighted by Gasteiger charge is -2.17. The Hall–Kier alpha value is -1.09. The van der Waals surface area contributed by atoms with Crippen LogP contribution in [0.1, 0.15) is 0 Å². The van der Waals surface area contributed by atoms with Crippen molar-refractivity contribution in [2.24, 2.45) is 0 Å². The van der Waals surface area contributed by atoms with Gasteiger partial charge in [-0.15, -0.1) is 11.8 Å². The molecule has 14 heavy (non-hydrogen) atoms. The lowest BCUT2D eigenvalue weighted by atomic mass is 10.3. The molecule has 2 nitrogen and oxygen atoms in total. The van der Waals surface area contributed by atoms with Crippen molar-refractivity contribution in [1.29, 1.82) is 0 Å². The molecular weight excluding hydrogens is 192 g/mol. The number of nitrogens with zero attached hydrogens (tertiary/aromatic N) is 1. The summed E-state index contributed by atoms with van der Waals surface area (Å²) in [5.41, 5.74) is 1.22. The van der Waals surface area contributed by atoms with Gasteiger partial charge in [0.2, 0.25) is 0 Å². The standard InChI is InChI=1S/C11H14N2S/c1-9-12-7-8-13(9)10-3-5-11(14-2)6-4-10/h3-6,12H,1,7-8H2,2H3. The second-order valence-corrected chi connectivity index (χ2v) is 4.10. The predicted octanol–water partition coefficient (Wildman–Crippen LogP) is 2.29. The monoisotopic (exact) mass is 206 g/mol. The molecule has 0 bridgehead atoms. The van der Waals surface area contributed by atoms with E-state index in [0.717, 1.165) is 18.9 Å². The van der Waals surface area contributed by atoms with E-state index in [0.29, 0.717) is 0 Å². The highest BCUT2D eigenvalue weighted by Crippen LogP contribution is 2.23. The molecule has 1 heterocycles. The van der Waals surface area contributed by atoms with E-state index in [1.165, 1.54) is 10.6 Å². The third-order valence-corrected chi connectivity index (χ3v) is 3.12. The SMILES string of the molecule is C=C1NCCN1c1ccc(SC)cc1. The van der Waals surface area contributed by atoms with Crippen LogP contribution in [-0.4, -0.2) is 19.3 Å². The second-order valence-electron chi connectivity index (χ2n) is 3.22. The summed E-state index contributed by atoms with van der Waals surface area (Å²) in [6.07, 6.45) is 2.09. The Balaban J connectivity index is 2.20. The zero-order valence-electron chi connectivity index (χ0n) is 8.29. The third-order valence-electron chi connectivity index (χ3n) is 2.37. The second kappa shape index (κ2) is 3.96. The minimum absolute atomic E-state index is 0.989. The number of rotatable bonds is 2. The Labute approximate surface area is 89.0 Å². The third kappa shape index (κ3) is 1.73. The Bertz CT molecular complexity index is 332. The highest BCUT2D eigenvalue weighted by Gasteiger charge is 2.15. The average Bonchev–Trinajstić information content (AvgIpc) is 2.65. The van der Waals surface area contributed by atoms with E-state index in [-0.39, 0.29) is 0 Å². The quantitative estimate of drug-likeness (QED) is 0.747. The normalized spacial score (nSPS) is 15.8. The summed E-state index contributed by atoms with van der Waals surface area (Å²) in [6.45, 7) is 5.96. The van der Waals surface area contributed by atoms with Crippen molar-refractivity contribution in [1.82, 2.24) is 5.32 Å². The van der Waals surface area contributed by atoms with E-state index in [4.69, 9.17) is 0 Å². The van der Waals surface area contributed by atoms with E-state index in [1.807, 2.05) is 0 Å². The fourth-order valence-corrected chi connectivity index (χ4v) is 2.00. The zero-order valence-corrected chi connectivity index (χ0v) is 9.10. The van der Waals surface area contributed by atoms with Crippen LogP contribution < -0.4 is 10.2 Å². The topological polar surface area (TPSA) is 15.3 Å². The van der Waals surface area contributed by atoms with E-state index in [2.05, 4.69) is 47.3 Å². The van der Waals surface area contributed by atoms with Gasteiger partial charge in [0.25, 0.3) is 0 Å². The first-order chi connectivity index (χ1) is 6.81. The van der Waals surface area contributed by atoms with Crippen LogP contribution in [0.5, 0.6) is 0 Å². The first-order valence-electron chi connectivity index (χ1n) is 4.65. The molecule has 74 valence electrons. The molecule has 1 aromatic rings. The molecule has 0 aliphatic carbocycles. The molecule has 0 radical (unpaired) electrons. The molecule has 1 N–H and O–H groups in total. The summed E-state index contributed by atoms with van der Waals surface area (Å²) in [5, 5.41) is 3.22. The van der Waals surface area contributed by atoms with Crippen LogP contribution >= 0.6 is 11.8 Å². The minimum Gasteiger partial charge on any atom is -0.370 e. The number of anilines is 1. The van der Waals surface area contributed by atoms with Gasteiger partial charge in [0.1, 0.15) is 0 Å². The van der Waals surface area contributed by atoms with Gasteiger partial charge in [-0.25, -0.2) is 0 Å². The summed E-state index contributed by atoms with van der Waals surface area (Å²) in [7, 11) is 0. The van der Waals surface area contributed by atoms with Crippen LogP contribution in [0.4, 0.5) is 5.69 Å². The van der Waals surface area contributed by atoms with Crippen molar-refractivity contribution >= 4 is 17.4 Å². The molecule has 0 amide bonds. The summed E-state index contributed by atoms with van der Waals surface area (Å²) in [5.74, 6) is 1.00. The summed E-state index contributed by atoms with van der Waals surface area (Å²) < 4.78 is 0. The van der Waals surface area contributed by atoms with E-state index in [9.17, 15) is 0 Å². The van der Waals surface area contributed by atoms with Crippen LogP contribution in [0.25, 0.3) is 0 Å². The van der Waals surface area contributed by atoms with Gasteiger partial charge in [0, 0.05) is 23.7 Å². The van der Waals surface area contributed by atoms with Crippen molar-refractivity contribution < 1.29 is 0 Å². The number of thioether (sulfide) groups is 1. The molecule has 3 heteroatoms. The summed E-state index contributed by atoms with van der Waals surface area (Å²) in [4.78, 5) is 3.50. The molecule has 0 unspecified atom stereocenters. The van der Waals surface area contributed by atoms with Crippen LogP contribution in [0.3, 0.4) is 0 Å². The maximum Gasteiger partial charge on any atom is 0.0985 e. The van der Waals surface area contributed by atoms with Crippen LogP contribution in [0.15, 0.2) is 41.6 Å². The van der Waals surface area contributed by atoms with Gasteiger partial charge in [-0.1, -0.05) is 6.58 Å². The Morgan fingerprint density at radius 1 is 1.36 bits per heavy atom. The number of nitrogens with one attached hydrogen (secondary N) is 1. The molecule has 2 rings (SSSR count). The maximum atomic E-state index is 3.96. The van der Waals surface area contributed by atoms with Crippen LogP contribution in [-0.2, 0) is 0 Å². The van der Waals surface area contributed by atoms with Gasteiger partial charge < -0.3 is 10.2 Å². The van der Waals surface area contributed by atoms with E-state index >= 15 is 0 Å². The van der Waals surface area contributed by atoms with Gasteiger partial charge in [-0.3, -0.25) is 0 Å². The molecule has 0 spiro atoms. The largest absolute Gasteiger partial charge is 0.370 e. The average molecular weight is 206 g/mol. The molecule has 0 saturated carbocycles. The van der Waals surface area contributed by atoms with E-state index < -0.39 is 0 Å². The van der Waals surface area contributed by atoms with Crippen molar-refractivity contribution in [2.45, 2.75) is 4.90 Å². The Morgan fingerprint density at radius 3 is 2.57 bits per heavy atom. The fourth-order valence-electron chi connectivity index (χ4n) is 1.59. The minimum atomic E-state index is 0.989. The number of hydrogen-bond donors (Lipinski definition) is 1. The maximum absolute atomic E-state index is 3.96. The Morgan fingerprint density at radius 2 is 2.07 bits per heavy atom. The van der Waals surface area contributed by atoms with Gasteiger partial charge in [-0.05, 0) is 30.5 Å². The van der Waals surface area contributed by atoms with Crippen LogP contribution in [0.2, 0.25) is 0 Å². The first kappa shape index (κ1) is 9.46. The molecule has 1 saturated heterocycles. The highest BCUT2D eigenvalue weighted by atomic mass is 32.2. The predicted molar refractivity (Wildman–Crippen MR) is 62.7 cm³/mol. The van der Waals surface area contributed by atoms with Crippen LogP contribution in [0, 0.1) is 0 Å². The van der Waals surface area contributed by atoms with Crippen molar-refractivity contribution in [3.63, 3.8) is 0 Å². The Kier molecular flexibility index (Phi) is 2.68. The fraction of sp³-hybridized carbons (Fsp3) is 0.273. The summed E-state index contributed by atoms with van der Waals surface area (Å²) in [6, 6.07) is 8.57. The van der Waals surface area contributed by atoms with Gasteiger partial charge in [0.05, 0.1) is 5.82 Å². The lowest BCUT2D eigenvalue weighted by molar-refractivity contribution is 0.950. The smallest absolute Gasteiger partial charge is 0.0985 e. The molecule has 1 fully saturated rings. The molecule has 0 atom stereocenters. The summed E-state index contributed by atoms with van der Waals surface area (Å²) >= 11 is 1.76. The zero-order chi connectivity index (χ0) is 9.97. The van der Waals surface area contributed by atoms with Gasteiger partial charge >= 0.3 is 0 Å². The highest BCUT2D eigenvalue weighted by molar-refractivity contribution is 7.98. The number of benzene rings is 1. The molecule has 1 aliphatic heterocycles. The van der Waals surface area contributed by atoms with Crippen molar-refractivity contribution in [2.75, 3.05) is 24.2 Å². The lowest BCUT2D eigenvalue weighted by Crippen LogP contribution is -2.17. The van der Waals surface area contributed by atoms with Gasteiger partial charge in [0.15, 0.2) is 0 Å². The molecule has 1 aliphatic rings. The molecular formula is C11H14N2S. The first-order valence-corrected chi connectivity index (χ1v) is 5.88. The molecule has 1 aromatic carbocycles. The van der Waals surface area contributed by atoms with Crippen molar-refractivity contribution in [3.8, 4) is 0 Å². The van der Waals surface area contributed by atoms with Gasteiger partial charge in [-0.2, -0.15) is 0 Å². The molecule has 0 aromatic heterocycles. The van der Waals surface area contributed by atoms with E-state index in [1.54, 1.807) is 11.8 Å².